The Morgan fingerprint density at radius 2 is 1.84 bits per heavy atom. The van der Waals surface area contributed by atoms with Crippen LogP contribution in [-0.4, -0.2) is 28.5 Å². The molecule has 0 aliphatic carbocycles. The normalized spacial score (nSPS) is 12.4. The van der Waals surface area contributed by atoms with Crippen molar-refractivity contribution in [2.45, 2.75) is 24.3 Å². The molecule has 1 amide bonds. The van der Waals surface area contributed by atoms with Gasteiger partial charge in [0.25, 0.3) is 5.91 Å². The highest BCUT2D eigenvalue weighted by Gasteiger charge is 2.23. The quantitative estimate of drug-likeness (QED) is 0.792. The molecule has 0 aromatic heterocycles. The molecule has 2 aromatic rings. The maximum Gasteiger partial charge on any atom is 0.254 e. The van der Waals surface area contributed by atoms with Gasteiger partial charge in [0, 0.05) is 13.1 Å². The van der Waals surface area contributed by atoms with Crippen LogP contribution in [0.15, 0.2) is 53.4 Å². The lowest BCUT2D eigenvalue weighted by molar-refractivity contribution is 0.0960. The number of methoxy groups -OCH3 is 1. The van der Waals surface area contributed by atoms with Gasteiger partial charge in [-0.3, -0.25) is 4.79 Å². The van der Waals surface area contributed by atoms with Crippen LogP contribution in [0.25, 0.3) is 0 Å². The number of sulfonamides is 1. The molecule has 6 nitrogen and oxygen atoms in total. The van der Waals surface area contributed by atoms with Gasteiger partial charge < -0.3 is 10.1 Å². The maximum atomic E-state index is 12.8. The first-order valence-corrected chi connectivity index (χ1v) is 9.38. The number of hydrogen-bond donors (Lipinski definition) is 2. The number of rotatable bonds is 7. The van der Waals surface area contributed by atoms with Crippen molar-refractivity contribution in [2.75, 3.05) is 14.2 Å². The lowest BCUT2D eigenvalue weighted by atomic mass is 10.1. The number of carbonyl (C=O) groups is 1. The minimum atomic E-state index is -3.79. The van der Waals surface area contributed by atoms with Crippen molar-refractivity contribution in [3.05, 3.63) is 59.7 Å². The lowest BCUT2D eigenvalue weighted by Crippen LogP contribution is -2.29. The predicted molar refractivity (Wildman–Crippen MR) is 96.2 cm³/mol. The number of hydrogen-bond acceptors (Lipinski definition) is 4. The summed E-state index contributed by atoms with van der Waals surface area (Å²) in [6.45, 7) is 1.91. The Balaban J connectivity index is 2.37. The van der Waals surface area contributed by atoms with Crippen molar-refractivity contribution in [1.82, 2.24) is 10.0 Å². The first-order valence-electron chi connectivity index (χ1n) is 7.90. The Kier molecular flexibility index (Phi) is 6.17. The van der Waals surface area contributed by atoms with Gasteiger partial charge in [-0.05, 0) is 30.2 Å². The van der Waals surface area contributed by atoms with Gasteiger partial charge in [-0.1, -0.05) is 37.3 Å². The van der Waals surface area contributed by atoms with Crippen molar-refractivity contribution in [2.24, 2.45) is 0 Å². The van der Waals surface area contributed by atoms with E-state index in [0.717, 1.165) is 5.56 Å². The highest BCUT2D eigenvalue weighted by Crippen LogP contribution is 2.25. The van der Waals surface area contributed by atoms with E-state index in [1.54, 1.807) is 0 Å². The third-order valence-corrected chi connectivity index (χ3v) is 5.33. The second kappa shape index (κ2) is 8.13. The van der Waals surface area contributed by atoms with Gasteiger partial charge in [-0.2, -0.15) is 0 Å². The number of benzene rings is 2. The average Bonchev–Trinajstić information content (AvgIpc) is 2.65. The molecule has 0 aliphatic rings. The van der Waals surface area contributed by atoms with E-state index >= 15 is 0 Å². The summed E-state index contributed by atoms with van der Waals surface area (Å²) in [6.07, 6.45) is 0.599. The average molecular weight is 362 g/mol. The van der Waals surface area contributed by atoms with Gasteiger partial charge in [0.05, 0.1) is 17.6 Å². The molecule has 2 N–H and O–H groups in total. The fourth-order valence-electron chi connectivity index (χ4n) is 2.49. The Morgan fingerprint density at radius 1 is 1.16 bits per heavy atom. The molecule has 0 unspecified atom stereocenters. The summed E-state index contributed by atoms with van der Waals surface area (Å²) in [4.78, 5) is 12.0. The smallest absolute Gasteiger partial charge is 0.254 e. The predicted octanol–water partition coefficient (Wildman–Crippen LogP) is 2.48. The van der Waals surface area contributed by atoms with Crippen molar-refractivity contribution in [3.8, 4) is 5.75 Å². The van der Waals surface area contributed by atoms with Crippen molar-refractivity contribution in [3.63, 3.8) is 0 Å². The van der Waals surface area contributed by atoms with E-state index < -0.39 is 15.9 Å². The zero-order valence-electron chi connectivity index (χ0n) is 14.4. The van der Waals surface area contributed by atoms with Crippen LogP contribution in [-0.2, 0) is 10.0 Å². The largest absolute Gasteiger partial charge is 0.496 e. The molecular formula is C18H22N2O4S. The van der Waals surface area contributed by atoms with Gasteiger partial charge in [0.15, 0.2) is 0 Å². The van der Waals surface area contributed by atoms with Gasteiger partial charge in [-0.25, -0.2) is 13.1 Å². The molecule has 2 rings (SSSR count). The minimum Gasteiger partial charge on any atom is -0.496 e. The molecule has 0 aliphatic heterocycles. The molecule has 0 bridgehead atoms. The molecular weight excluding hydrogens is 340 g/mol. The SMILES string of the molecule is CC[C@H](NS(=O)(=O)c1ccc(OC)c(C(=O)NC)c1)c1ccccc1. The molecule has 0 fully saturated rings. The summed E-state index contributed by atoms with van der Waals surface area (Å²) in [6, 6.07) is 13.2. The van der Waals surface area contributed by atoms with E-state index in [0.29, 0.717) is 12.2 Å². The van der Waals surface area contributed by atoms with E-state index in [2.05, 4.69) is 10.0 Å². The molecule has 0 heterocycles. The Hall–Kier alpha value is -2.38. The number of carbonyl (C=O) groups excluding carboxylic acids is 1. The van der Waals surface area contributed by atoms with E-state index in [1.807, 2.05) is 37.3 Å². The molecule has 134 valence electrons. The maximum absolute atomic E-state index is 12.8. The molecule has 2 aromatic carbocycles. The van der Waals surface area contributed by atoms with Crippen LogP contribution < -0.4 is 14.8 Å². The molecule has 7 heteroatoms. The molecule has 0 saturated carbocycles. The zero-order chi connectivity index (χ0) is 18.4. The number of nitrogens with one attached hydrogen (secondary N) is 2. The fraction of sp³-hybridized carbons (Fsp3) is 0.278. The van der Waals surface area contributed by atoms with Crippen LogP contribution in [0, 0.1) is 0 Å². The monoisotopic (exact) mass is 362 g/mol. The third-order valence-electron chi connectivity index (χ3n) is 3.86. The standard InChI is InChI=1S/C18H22N2O4S/c1-4-16(13-8-6-5-7-9-13)20-25(22,23)14-10-11-17(24-3)15(12-14)18(21)19-2/h5-12,16,20H,4H2,1-3H3,(H,19,21)/t16-/m0/s1. The topological polar surface area (TPSA) is 84.5 Å². The Bertz CT molecular complexity index is 835. The van der Waals surface area contributed by atoms with Crippen molar-refractivity contribution >= 4 is 15.9 Å². The molecule has 25 heavy (non-hydrogen) atoms. The Labute approximate surface area is 148 Å². The molecule has 0 spiro atoms. The summed E-state index contributed by atoms with van der Waals surface area (Å²) in [5.74, 6) is -0.0996. The van der Waals surface area contributed by atoms with Gasteiger partial charge >= 0.3 is 0 Å². The summed E-state index contributed by atoms with van der Waals surface area (Å²) in [7, 11) is -0.891. The summed E-state index contributed by atoms with van der Waals surface area (Å²) in [5.41, 5.74) is 1.05. The van der Waals surface area contributed by atoms with Crippen LogP contribution in [0.3, 0.4) is 0 Å². The van der Waals surface area contributed by atoms with Crippen LogP contribution in [0.5, 0.6) is 5.75 Å². The second-order valence-corrected chi connectivity index (χ2v) is 7.15. The fourth-order valence-corrected chi connectivity index (χ4v) is 3.83. The summed E-state index contributed by atoms with van der Waals surface area (Å²) >= 11 is 0. The van der Waals surface area contributed by atoms with Gasteiger partial charge in [0.2, 0.25) is 10.0 Å². The summed E-state index contributed by atoms with van der Waals surface area (Å²) < 4.78 is 33.3. The molecule has 1 atom stereocenters. The highest BCUT2D eigenvalue weighted by molar-refractivity contribution is 7.89. The first-order chi connectivity index (χ1) is 11.9. The highest BCUT2D eigenvalue weighted by atomic mass is 32.2. The van der Waals surface area contributed by atoms with Crippen molar-refractivity contribution < 1.29 is 17.9 Å². The summed E-state index contributed by atoms with van der Waals surface area (Å²) in [5, 5.41) is 2.48. The second-order valence-electron chi connectivity index (χ2n) is 5.43. The van der Waals surface area contributed by atoms with Crippen LogP contribution in [0.4, 0.5) is 0 Å². The van der Waals surface area contributed by atoms with E-state index in [-0.39, 0.29) is 16.5 Å². The number of ether oxygens (including phenoxy) is 1. The van der Waals surface area contributed by atoms with Crippen molar-refractivity contribution in [1.29, 1.82) is 0 Å². The van der Waals surface area contributed by atoms with Crippen LogP contribution in [0.2, 0.25) is 0 Å². The lowest BCUT2D eigenvalue weighted by Gasteiger charge is -2.18. The van der Waals surface area contributed by atoms with Gasteiger partial charge in [-0.15, -0.1) is 0 Å². The van der Waals surface area contributed by atoms with E-state index in [4.69, 9.17) is 4.74 Å². The zero-order valence-corrected chi connectivity index (χ0v) is 15.3. The first kappa shape index (κ1) is 19.0. The molecule has 0 radical (unpaired) electrons. The Morgan fingerprint density at radius 3 is 2.40 bits per heavy atom. The van der Waals surface area contributed by atoms with E-state index in [9.17, 15) is 13.2 Å². The molecule has 0 saturated heterocycles. The van der Waals surface area contributed by atoms with E-state index in [1.165, 1.54) is 32.4 Å². The van der Waals surface area contributed by atoms with Crippen LogP contribution >= 0.6 is 0 Å². The van der Waals surface area contributed by atoms with Gasteiger partial charge in [0.1, 0.15) is 5.75 Å². The van der Waals surface area contributed by atoms with Crippen LogP contribution in [0.1, 0.15) is 35.3 Å². The number of amides is 1. The third kappa shape index (κ3) is 4.37. The minimum absolute atomic E-state index is 0.0151.